The van der Waals surface area contributed by atoms with E-state index in [0.29, 0.717) is 6.42 Å². The number of rotatable bonds is 9. The molecule has 0 aliphatic carbocycles. The van der Waals surface area contributed by atoms with Crippen molar-refractivity contribution in [3.8, 4) is 0 Å². The highest BCUT2D eigenvalue weighted by Gasteiger charge is 2.33. The first-order chi connectivity index (χ1) is 10.7. The third-order valence-electron chi connectivity index (χ3n) is 3.85. The van der Waals surface area contributed by atoms with Crippen LogP contribution in [0, 0.1) is 10.8 Å². The maximum Gasteiger partial charge on any atom is 0.222 e. The minimum absolute atomic E-state index is 0.0859. The van der Waals surface area contributed by atoms with E-state index >= 15 is 0 Å². The van der Waals surface area contributed by atoms with Crippen LogP contribution in [-0.2, 0) is 4.79 Å². The SMILES string of the molecule is CN(C[C@@H](O)C(O)[C@@H](O)C(O)CO)C(=O)CC(C)(C)CC(C)(C)C. The molecule has 7 nitrogen and oxygen atoms in total. The average Bonchev–Trinajstić information content (AvgIpc) is 2.41. The number of hydrogen-bond acceptors (Lipinski definition) is 6. The molecule has 0 bridgehead atoms. The zero-order valence-corrected chi connectivity index (χ0v) is 15.7. The molecule has 0 saturated heterocycles. The fourth-order valence-corrected chi connectivity index (χ4v) is 3.10. The van der Waals surface area contributed by atoms with Crippen LogP contribution >= 0.6 is 0 Å². The molecule has 0 aromatic carbocycles. The largest absolute Gasteiger partial charge is 0.394 e. The minimum atomic E-state index is -1.69. The lowest BCUT2D eigenvalue weighted by Crippen LogP contribution is -2.50. The van der Waals surface area contributed by atoms with Crippen LogP contribution in [0.5, 0.6) is 0 Å². The van der Waals surface area contributed by atoms with Gasteiger partial charge in [0.15, 0.2) is 0 Å². The number of hydrogen-bond donors (Lipinski definition) is 5. The van der Waals surface area contributed by atoms with Crippen molar-refractivity contribution in [3.63, 3.8) is 0 Å². The summed E-state index contributed by atoms with van der Waals surface area (Å²) < 4.78 is 0. The van der Waals surface area contributed by atoms with Crippen molar-refractivity contribution in [2.45, 2.75) is 71.9 Å². The number of aliphatic hydroxyl groups excluding tert-OH is 5. The van der Waals surface area contributed by atoms with Gasteiger partial charge in [0.2, 0.25) is 5.91 Å². The zero-order chi connectivity index (χ0) is 19.3. The van der Waals surface area contributed by atoms with Crippen molar-refractivity contribution in [2.24, 2.45) is 10.8 Å². The number of amides is 1. The van der Waals surface area contributed by atoms with Crippen LogP contribution in [0.3, 0.4) is 0 Å². The summed E-state index contributed by atoms with van der Waals surface area (Å²) in [6, 6.07) is 0. The number of carbonyl (C=O) groups excluding carboxylic acids is 1. The molecule has 0 aliphatic heterocycles. The van der Waals surface area contributed by atoms with Gasteiger partial charge < -0.3 is 30.4 Å². The van der Waals surface area contributed by atoms with Gasteiger partial charge in [0, 0.05) is 20.0 Å². The zero-order valence-electron chi connectivity index (χ0n) is 15.7. The summed E-state index contributed by atoms with van der Waals surface area (Å²) in [5, 5.41) is 47.4. The van der Waals surface area contributed by atoms with Crippen molar-refractivity contribution < 1.29 is 30.3 Å². The van der Waals surface area contributed by atoms with E-state index in [-0.39, 0.29) is 23.3 Å². The Hall–Kier alpha value is -0.730. The molecule has 0 radical (unpaired) electrons. The second-order valence-corrected chi connectivity index (χ2v) is 8.65. The number of aliphatic hydroxyl groups is 5. The monoisotopic (exact) mass is 349 g/mol. The van der Waals surface area contributed by atoms with E-state index < -0.39 is 31.0 Å². The van der Waals surface area contributed by atoms with Crippen molar-refractivity contribution in [1.82, 2.24) is 4.90 Å². The van der Waals surface area contributed by atoms with Gasteiger partial charge >= 0.3 is 0 Å². The Kier molecular flexibility index (Phi) is 8.83. The average molecular weight is 349 g/mol. The topological polar surface area (TPSA) is 121 Å². The van der Waals surface area contributed by atoms with Crippen molar-refractivity contribution in [3.05, 3.63) is 0 Å². The second kappa shape index (κ2) is 9.10. The highest BCUT2D eigenvalue weighted by molar-refractivity contribution is 5.76. The third-order valence-corrected chi connectivity index (χ3v) is 3.85. The summed E-state index contributed by atoms with van der Waals surface area (Å²) in [7, 11) is 1.51. The molecule has 0 aromatic rings. The molecule has 0 rings (SSSR count). The molecule has 144 valence electrons. The minimum Gasteiger partial charge on any atom is -0.394 e. The fraction of sp³-hybridized carbons (Fsp3) is 0.941. The fourth-order valence-electron chi connectivity index (χ4n) is 3.10. The van der Waals surface area contributed by atoms with Crippen molar-refractivity contribution in [1.29, 1.82) is 0 Å². The van der Waals surface area contributed by atoms with Crippen molar-refractivity contribution in [2.75, 3.05) is 20.2 Å². The molecule has 2 unspecified atom stereocenters. The Morgan fingerprint density at radius 1 is 0.958 bits per heavy atom. The van der Waals surface area contributed by atoms with Gasteiger partial charge in [-0.15, -0.1) is 0 Å². The van der Waals surface area contributed by atoms with Crippen LogP contribution in [-0.4, -0.2) is 81.0 Å². The summed E-state index contributed by atoms with van der Waals surface area (Å²) in [6.45, 7) is 9.43. The maximum atomic E-state index is 12.3. The second-order valence-electron chi connectivity index (χ2n) is 8.65. The molecule has 7 heteroatoms. The molecule has 0 heterocycles. The molecule has 24 heavy (non-hydrogen) atoms. The molecule has 4 atom stereocenters. The van der Waals surface area contributed by atoms with Gasteiger partial charge in [-0.2, -0.15) is 0 Å². The first-order valence-corrected chi connectivity index (χ1v) is 8.27. The van der Waals surface area contributed by atoms with Crippen LogP contribution in [0.4, 0.5) is 0 Å². The van der Waals surface area contributed by atoms with Crippen LogP contribution in [0.1, 0.15) is 47.5 Å². The highest BCUT2D eigenvalue weighted by Crippen LogP contribution is 2.36. The lowest BCUT2D eigenvalue weighted by atomic mass is 9.74. The molecule has 1 amide bonds. The lowest BCUT2D eigenvalue weighted by molar-refractivity contribution is -0.139. The van der Waals surface area contributed by atoms with E-state index in [0.717, 1.165) is 6.42 Å². The Morgan fingerprint density at radius 3 is 1.83 bits per heavy atom. The highest BCUT2D eigenvalue weighted by atomic mass is 16.4. The quantitative estimate of drug-likeness (QED) is 0.391. The first kappa shape index (κ1) is 23.3. The van der Waals surface area contributed by atoms with Gasteiger partial charge in [0.1, 0.15) is 24.4 Å². The molecule has 0 spiro atoms. The van der Waals surface area contributed by atoms with Gasteiger partial charge in [0.25, 0.3) is 0 Å². The van der Waals surface area contributed by atoms with E-state index in [1.807, 2.05) is 13.8 Å². The predicted molar refractivity (Wildman–Crippen MR) is 91.2 cm³/mol. The Bertz CT molecular complexity index is 393. The molecule has 0 aliphatic rings. The van der Waals surface area contributed by atoms with Crippen LogP contribution in [0.2, 0.25) is 0 Å². The smallest absolute Gasteiger partial charge is 0.222 e. The van der Waals surface area contributed by atoms with E-state index in [1.165, 1.54) is 11.9 Å². The Morgan fingerprint density at radius 2 is 1.42 bits per heavy atom. The van der Waals surface area contributed by atoms with Crippen LogP contribution in [0.25, 0.3) is 0 Å². The summed E-state index contributed by atoms with van der Waals surface area (Å²) in [5.41, 5.74) is -0.123. The summed E-state index contributed by atoms with van der Waals surface area (Å²) >= 11 is 0. The third kappa shape index (κ3) is 8.39. The van der Waals surface area contributed by atoms with E-state index in [4.69, 9.17) is 5.11 Å². The summed E-state index contributed by atoms with van der Waals surface area (Å²) in [6.07, 6.45) is -5.18. The molecule has 0 fully saturated rings. The van der Waals surface area contributed by atoms with Gasteiger partial charge in [-0.3, -0.25) is 4.79 Å². The molecule has 0 saturated carbocycles. The lowest BCUT2D eigenvalue weighted by Gasteiger charge is -2.34. The number of nitrogens with zero attached hydrogens (tertiary/aromatic N) is 1. The first-order valence-electron chi connectivity index (χ1n) is 8.27. The number of carbonyl (C=O) groups is 1. The maximum absolute atomic E-state index is 12.3. The van der Waals surface area contributed by atoms with Gasteiger partial charge in [-0.05, 0) is 17.3 Å². The van der Waals surface area contributed by atoms with Crippen molar-refractivity contribution >= 4 is 5.91 Å². The van der Waals surface area contributed by atoms with E-state index in [1.54, 1.807) is 0 Å². The standard InChI is InChI=1S/C17H35NO6/c1-16(2,3)10-17(4,5)7-13(22)18(6)8-11(20)14(23)15(24)12(21)9-19/h11-12,14-15,19-21,23-24H,7-10H2,1-6H3/t11-,12?,14?,15+/m1/s1. The molecular formula is C17H35NO6. The normalized spacial score (nSPS) is 18.0. The van der Waals surface area contributed by atoms with Gasteiger partial charge in [0.05, 0.1) is 6.61 Å². The van der Waals surface area contributed by atoms with Crippen LogP contribution < -0.4 is 0 Å². The predicted octanol–water partition coefficient (Wildman–Crippen LogP) is -0.267. The van der Waals surface area contributed by atoms with Gasteiger partial charge in [-0.1, -0.05) is 34.6 Å². The van der Waals surface area contributed by atoms with E-state index in [2.05, 4.69) is 20.8 Å². The molecule has 0 aromatic heterocycles. The molecule has 5 N–H and O–H groups in total. The summed E-state index contributed by atoms with van der Waals surface area (Å²) in [5.74, 6) is -0.173. The van der Waals surface area contributed by atoms with E-state index in [9.17, 15) is 25.2 Å². The number of likely N-dealkylation sites (N-methyl/N-ethyl adjacent to an activating group) is 1. The Balaban J connectivity index is 4.64. The van der Waals surface area contributed by atoms with Gasteiger partial charge in [-0.25, -0.2) is 0 Å². The Labute approximate surface area is 144 Å². The summed E-state index contributed by atoms with van der Waals surface area (Å²) in [4.78, 5) is 13.6. The molecular weight excluding hydrogens is 314 g/mol. The van der Waals surface area contributed by atoms with Crippen LogP contribution in [0.15, 0.2) is 0 Å².